The smallest absolute Gasteiger partial charge is 0.264 e. The number of hydrogen-bond donors (Lipinski definition) is 1. The van der Waals surface area contributed by atoms with Crippen molar-refractivity contribution in [1.29, 1.82) is 0 Å². The molecule has 2 fully saturated rings. The molecule has 0 radical (unpaired) electrons. The summed E-state index contributed by atoms with van der Waals surface area (Å²) in [7, 11) is 0. The summed E-state index contributed by atoms with van der Waals surface area (Å²) in [5.74, 6) is 0.198. The molecular formula is C28H30FN7O4. The van der Waals surface area contributed by atoms with Crippen LogP contribution in [0.4, 0.5) is 4.39 Å². The quantitative estimate of drug-likeness (QED) is 0.390. The third-order valence-corrected chi connectivity index (χ3v) is 7.95. The number of piperidine rings is 1. The number of rotatable bonds is 6. The summed E-state index contributed by atoms with van der Waals surface area (Å²) in [4.78, 5) is 40.8. The van der Waals surface area contributed by atoms with E-state index in [-0.39, 0.29) is 35.9 Å². The molecule has 40 heavy (non-hydrogen) atoms. The number of benzene rings is 1. The topological polar surface area (TPSA) is 128 Å². The first kappa shape index (κ1) is 26.1. The summed E-state index contributed by atoms with van der Waals surface area (Å²) in [6.07, 6.45) is 11.4. The summed E-state index contributed by atoms with van der Waals surface area (Å²) in [6, 6.07) is 5.76. The van der Waals surface area contributed by atoms with Crippen LogP contribution >= 0.6 is 0 Å². The lowest BCUT2D eigenvalue weighted by Gasteiger charge is -2.40. The number of nitrogens with zero attached hydrogens (tertiary/aromatic N) is 7. The molecule has 4 heterocycles. The van der Waals surface area contributed by atoms with Crippen molar-refractivity contribution in [2.45, 2.75) is 56.8 Å². The van der Waals surface area contributed by atoms with Gasteiger partial charge in [0.05, 0.1) is 30.2 Å². The van der Waals surface area contributed by atoms with Gasteiger partial charge in [-0.15, -0.1) is 0 Å². The number of hydrogen-bond acceptors (Lipinski definition) is 8. The third kappa shape index (κ3) is 5.31. The fourth-order valence-electron chi connectivity index (χ4n) is 5.65. The standard InChI is InChI=1S/C28H30FN7O4/c29-20-3-5-21(6-4-20)36-25-23(15-33-36)27(38)35(18-32-25)17-28(39)9-13-34(14-10-28)26(37)19-1-7-22(8-2-19)40-24-16-30-11-12-31-24/h3-6,11-12,15-16,18-19,22,39H,1-2,7-10,13-14,17H2. The molecule has 0 unspecified atom stereocenters. The number of halogens is 1. The second-order valence-corrected chi connectivity index (χ2v) is 10.6. The zero-order valence-electron chi connectivity index (χ0n) is 21.9. The molecule has 3 aromatic heterocycles. The highest BCUT2D eigenvalue weighted by atomic mass is 19.1. The molecule has 1 N–H and O–H groups in total. The Labute approximate surface area is 229 Å². The second kappa shape index (κ2) is 10.8. The molecule has 1 aliphatic carbocycles. The highest BCUT2D eigenvalue weighted by Crippen LogP contribution is 2.31. The predicted octanol–water partition coefficient (Wildman–Crippen LogP) is 2.50. The Kier molecular flexibility index (Phi) is 7.01. The molecule has 0 bridgehead atoms. The first-order valence-corrected chi connectivity index (χ1v) is 13.5. The van der Waals surface area contributed by atoms with E-state index < -0.39 is 5.60 Å². The van der Waals surface area contributed by atoms with E-state index in [4.69, 9.17) is 4.74 Å². The van der Waals surface area contributed by atoms with Crippen LogP contribution in [0.25, 0.3) is 16.7 Å². The van der Waals surface area contributed by atoms with E-state index in [1.807, 2.05) is 4.90 Å². The SMILES string of the molecule is O=C(C1CCC(Oc2cnccn2)CC1)N1CCC(O)(Cn2cnc3c(cnn3-c3ccc(F)cc3)c2=O)CC1. The van der Waals surface area contributed by atoms with Crippen molar-refractivity contribution < 1.29 is 19.0 Å². The number of carbonyl (C=O) groups excluding carboxylic acids is 1. The van der Waals surface area contributed by atoms with E-state index in [0.29, 0.717) is 48.5 Å². The first-order chi connectivity index (χ1) is 19.4. The molecule has 1 amide bonds. The fourth-order valence-corrected chi connectivity index (χ4v) is 5.65. The zero-order chi connectivity index (χ0) is 27.7. The predicted molar refractivity (Wildman–Crippen MR) is 142 cm³/mol. The van der Waals surface area contributed by atoms with E-state index in [2.05, 4.69) is 20.1 Å². The summed E-state index contributed by atoms with van der Waals surface area (Å²) in [5.41, 5.74) is -0.503. The van der Waals surface area contributed by atoms with Gasteiger partial charge >= 0.3 is 0 Å². The van der Waals surface area contributed by atoms with Gasteiger partial charge in [-0.1, -0.05) is 0 Å². The first-order valence-electron chi connectivity index (χ1n) is 13.5. The fraction of sp³-hybridized carbons (Fsp3) is 0.429. The van der Waals surface area contributed by atoms with Crippen LogP contribution in [0.3, 0.4) is 0 Å². The van der Waals surface area contributed by atoms with Gasteiger partial charge in [-0.05, 0) is 62.8 Å². The number of fused-ring (bicyclic) bond motifs is 1. The van der Waals surface area contributed by atoms with Crippen molar-refractivity contribution in [1.82, 2.24) is 34.2 Å². The second-order valence-electron chi connectivity index (χ2n) is 10.6. The van der Waals surface area contributed by atoms with Crippen LogP contribution in [-0.4, -0.2) is 70.0 Å². The Hall–Kier alpha value is -4.19. The highest BCUT2D eigenvalue weighted by Gasteiger charge is 2.37. The van der Waals surface area contributed by atoms with Crippen LogP contribution in [-0.2, 0) is 11.3 Å². The summed E-state index contributed by atoms with van der Waals surface area (Å²) < 4.78 is 22.1. The summed E-state index contributed by atoms with van der Waals surface area (Å²) >= 11 is 0. The van der Waals surface area contributed by atoms with Gasteiger partial charge in [-0.3, -0.25) is 19.1 Å². The molecule has 12 heteroatoms. The molecule has 4 aromatic rings. The number of aliphatic hydroxyl groups is 1. The van der Waals surface area contributed by atoms with E-state index in [9.17, 15) is 19.1 Å². The Morgan fingerprint density at radius 1 is 1.05 bits per heavy atom. The minimum atomic E-state index is -1.13. The highest BCUT2D eigenvalue weighted by molar-refractivity contribution is 5.79. The number of aromatic nitrogens is 6. The van der Waals surface area contributed by atoms with Crippen molar-refractivity contribution >= 4 is 16.9 Å². The van der Waals surface area contributed by atoms with Gasteiger partial charge in [0.2, 0.25) is 11.8 Å². The van der Waals surface area contributed by atoms with E-state index >= 15 is 0 Å². The minimum Gasteiger partial charge on any atom is -0.473 e. The lowest BCUT2D eigenvalue weighted by atomic mass is 9.85. The molecule has 1 aliphatic heterocycles. The molecule has 11 nitrogen and oxygen atoms in total. The molecule has 6 rings (SSSR count). The normalized spacial score (nSPS) is 20.9. The third-order valence-electron chi connectivity index (χ3n) is 7.95. The maximum absolute atomic E-state index is 13.3. The van der Waals surface area contributed by atoms with E-state index in [1.165, 1.54) is 33.9 Å². The molecule has 2 aliphatic rings. The minimum absolute atomic E-state index is 0.0271. The maximum atomic E-state index is 13.3. The number of amides is 1. The lowest BCUT2D eigenvalue weighted by Crippen LogP contribution is -2.51. The summed E-state index contributed by atoms with van der Waals surface area (Å²) in [6.45, 7) is 0.930. The number of carbonyl (C=O) groups is 1. The van der Waals surface area contributed by atoms with Crippen LogP contribution in [0, 0.1) is 11.7 Å². The van der Waals surface area contributed by atoms with Crippen molar-refractivity contribution in [3.05, 3.63) is 71.6 Å². The molecule has 0 spiro atoms. The van der Waals surface area contributed by atoms with Crippen molar-refractivity contribution in [2.24, 2.45) is 5.92 Å². The Morgan fingerprint density at radius 3 is 2.50 bits per heavy atom. The van der Waals surface area contributed by atoms with Gasteiger partial charge in [-0.25, -0.2) is 19.0 Å². The van der Waals surface area contributed by atoms with Gasteiger partial charge in [0.15, 0.2) is 5.65 Å². The number of likely N-dealkylation sites (tertiary alicyclic amines) is 1. The molecule has 208 valence electrons. The van der Waals surface area contributed by atoms with Gasteiger partial charge in [0, 0.05) is 31.4 Å². The van der Waals surface area contributed by atoms with Crippen molar-refractivity contribution in [3.8, 4) is 11.6 Å². The van der Waals surface area contributed by atoms with Gasteiger partial charge in [0.1, 0.15) is 23.6 Å². The van der Waals surface area contributed by atoms with Crippen LogP contribution < -0.4 is 10.3 Å². The largest absolute Gasteiger partial charge is 0.473 e. The van der Waals surface area contributed by atoms with Crippen LogP contribution in [0.2, 0.25) is 0 Å². The molecule has 1 saturated carbocycles. The van der Waals surface area contributed by atoms with Crippen LogP contribution in [0.5, 0.6) is 5.88 Å². The summed E-state index contributed by atoms with van der Waals surface area (Å²) in [5, 5.41) is 15.9. The molecule has 1 aromatic carbocycles. The van der Waals surface area contributed by atoms with Gasteiger partial charge in [0.25, 0.3) is 5.56 Å². The van der Waals surface area contributed by atoms with Crippen LogP contribution in [0.1, 0.15) is 38.5 Å². The van der Waals surface area contributed by atoms with Crippen molar-refractivity contribution in [2.75, 3.05) is 13.1 Å². The Bertz CT molecular complexity index is 1540. The Balaban J connectivity index is 1.05. The van der Waals surface area contributed by atoms with E-state index in [1.54, 1.807) is 30.7 Å². The van der Waals surface area contributed by atoms with Gasteiger partial charge in [-0.2, -0.15) is 5.10 Å². The molecule has 0 atom stereocenters. The zero-order valence-corrected chi connectivity index (χ0v) is 21.9. The monoisotopic (exact) mass is 547 g/mol. The maximum Gasteiger partial charge on any atom is 0.264 e. The van der Waals surface area contributed by atoms with E-state index in [0.717, 1.165) is 25.7 Å². The number of ether oxygens (including phenoxy) is 1. The Morgan fingerprint density at radius 2 is 1.80 bits per heavy atom. The molecule has 1 saturated heterocycles. The average molecular weight is 548 g/mol. The lowest BCUT2D eigenvalue weighted by molar-refractivity contribution is -0.141. The average Bonchev–Trinajstić information content (AvgIpc) is 3.41. The van der Waals surface area contributed by atoms with Crippen LogP contribution in [0.15, 0.2) is 60.2 Å². The van der Waals surface area contributed by atoms with Crippen molar-refractivity contribution in [3.63, 3.8) is 0 Å². The van der Waals surface area contributed by atoms with Gasteiger partial charge < -0.3 is 14.7 Å². The molecular weight excluding hydrogens is 517 g/mol.